The van der Waals surface area contributed by atoms with E-state index in [-0.39, 0.29) is 17.9 Å². The molecule has 0 saturated heterocycles. The normalized spacial score (nSPS) is 23.5. The summed E-state index contributed by atoms with van der Waals surface area (Å²) in [5.74, 6) is 0.267. The molecule has 0 heterocycles. The lowest BCUT2D eigenvalue weighted by molar-refractivity contribution is -0.113. The number of carbonyl (C=O) groups is 1. The van der Waals surface area contributed by atoms with Crippen LogP contribution in [0.25, 0.3) is 0 Å². The molecule has 3 aliphatic rings. The molecular weight excluding hydrogens is 368 g/mol. The molecule has 2 aromatic carbocycles. The lowest BCUT2D eigenvalue weighted by atomic mass is 9.71. The predicted octanol–water partition coefficient (Wildman–Crippen LogP) is 6.05. The van der Waals surface area contributed by atoms with Crippen molar-refractivity contribution in [3.05, 3.63) is 94.6 Å². The van der Waals surface area contributed by atoms with E-state index in [9.17, 15) is 4.79 Å². The lowest BCUT2D eigenvalue weighted by Gasteiger charge is -2.37. The van der Waals surface area contributed by atoms with Crippen LogP contribution in [-0.4, -0.2) is 17.9 Å². The van der Waals surface area contributed by atoms with Crippen molar-refractivity contribution in [3.63, 3.8) is 0 Å². The average Bonchev–Trinajstić information content (AvgIpc) is 2.75. The third kappa shape index (κ3) is 3.60. The molecule has 0 bridgehead atoms. The van der Waals surface area contributed by atoms with Crippen LogP contribution in [0.5, 0.6) is 0 Å². The molecule has 5 rings (SSSR count). The first-order valence-electron chi connectivity index (χ1n) is 11.0. The maximum Gasteiger partial charge on any atom is 0.187 e. The van der Waals surface area contributed by atoms with Gasteiger partial charge in [0.2, 0.25) is 0 Å². The van der Waals surface area contributed by atoms with Gasteiger partial charge in [-0.15, -0.1) is 0 Å². The number of hydrogen-bond donors (Lipinski definition) is 2. The van der Waals surface area contributed by atoms with Gasteiger partial charge in [0.05, 0.1) is 6.04 Å². The molecule has 0 radical (unpaired) electrons. The number of Topliss-reactive ketones (excluding diaryl/α,β-unsaturated/α-hetero) is 1. The second-order valence-corrected chi connectivity index (χ2v) is 8.66. The van der Waals surface area contributed by atoms with Crippen LogP contribution in [-0.2, 0) is 4.79 Å². The lowest BCUT2D eigenvalue weighted by Crippen LogP contribution is -2.37. The largest absolute Gasteiger partial charge is 0.379 e. The van der Waals surface area contributed by atoms with Crippen molar-refractivity contribution >= 4 is 17.2 Å². The molecule has 2 N–H and O–H groups in total. The van der Waals surface area contributed by atoms with Crippen LogP contribution in [0.15, 0.2) is 94.6 Å². The maximum atomic E-state index is 13.7. The van der Waals surface area contributed by atoms with E-state index in [4.69, 9.17) is 0 Å². The molecule has 0 amide bonds. The van der Waals surface area contributed by atoms with E-state index < -0.39 is 0 Å². The monoisotopic (exact) mass is 396 g/mol. The molecule has 0 saturated carbocycles. The zero-order valence-corrected chi connectivity index (χ0v) is 17.4. The van der Waals surface area contributed by atoms with Crippen LogP contribution >= 0.6 is 0 Å². The number of nitrogens with one attached hydrogen (secondary N) is 2. The first-order valence-corrected chi connectivity index (χ1v) is 11.0. The first-order chi connectivity index (χ1) is 14.7. The van der Waals surface area contributed by atoms with E-state index in [0.29, 0.717) is 0 Å². The number of hydrogen-bond acceptors (Lipinski definition) is 3. The van der Waals surface area contributed by atoms with Gasteiger partial charge in [-0.2, -0.15) is 0 Å². The molecule has 2 aromatic rings. The molecule has 3 aliphatic carbocycles. The van der Waals surface area contributed by atoms with Crippen molar-refractivity contribution in [1.29, 1.82) is 0 Å². The Morgan fingerprint density at radius 1 is 0.867 bits per heavy atom. The van der Waals surface area contributed by atoms with Crippen molar-refractivity contribution in [2.24, 2.45) is 0 Å². The summed E-state index contributed by atoms with van der Waals surface area (Å²) < 4.78 is 0. The van der Waals surface area contributed by atoms with Gasteiger partial charge < -0.3 is 10.6 Å². The molecule has 3 nitrogen and oxygen atoms in total. The number of carbonyl (C=O) groups excluding carboxylic acids is 1. The fourth-order valence-electron chi connectivity index (χ4n) is 5.17. The third-order valence-corrected chi connectivity index (χ3v) is 6.50. The molecule has 0 fully saturated rings. The highest BCUT2D eigenvalue weighted by Crippen LogP contribution is 2.42. The molecule has 0 aromatic heterocycles. The summed E-state index contributed by atoms with van der Waals surface area (Å²) in [6, 6.07) is 20.9. The van der Waals surface area contributed by atoms with Crippen molar-refractivity contribution in [2.75, 3.05) is 10.6 Å². The molecule has 3 heteroatoms. The Bertz CT molecular complexity index is 1050. The highest BCUT2D eigenvalue weighted by atomic mass is 16.1. The van der Waals surface area contributed by atoms with Crippen LogP contribution in [0, 0.1) is 0 Å². The van der Waals surface area contributed by atoms with Gasteiger partial charge in [0.1, 0.15) is 0 Å². The zero-order valence-electron chi connectivity index (χ0n) is 17.4. The van der Waals surface area contributed by atoms with Crippen LogP contribution in [0.4, 0.5) is 11.4 Å². The Kier molecular flexibility index (Phi) is 5.04. The number of anilines is 2. The van der Waals surface area contributed by atoms with E-state index in [2.05, 4.69) is 60.0 Å². The SMILES string of the molecule is CC1=CC2=C(C(=O)C3=C(C2)C(Nc2ccccc2)CCC3)C(Nc2ccccc2)C1. The first kappa shape index (κ1) is 18.9. The Hall–Kier alpha value is -3.07. The topological polar surface area (TPSA) is 41.1 Å². The van der Waals surface area contributed by atoms with Crippen LogP contribution < -0.4 is 10.6 Å². The smallest absolute Gasteiger partial charge is 0.187 e. The number of ketones is 1. The van der Waals surface area contributed by atoms with Crippen molar-refractivity contribution in [3.8, 4) is 0 Å². The maximum absolute atomic E-state index is 13.7. The Morgan fingerprint density at radius 2 is 1.50 bits per heavy atom. The average molecular weight is 397 g/mol. The van der Waals surface area contributed by atoms with Gasteiger partial charge in [0, 0.05) is 28.6 Å². The number of allylic oxidation sites excluding steroid dienone is 3. The number of benzene rings is 2. The van der Waals surface area contributed by atoms with Gasteiger partial charge in [-0.25, -0.2) is 0 Å². The molecule has 152 valence electrons. The molecule has 2 unspecified atom stereocenters. The summed E-state index contributed by atoms with van der Waals surface area (Å²) in [4.78, 5) is 13.7. The second-order valence-electron chi connectivity index (χ2n) is 8.66. The fraction of sp³-hybridized carbons (Fsp3) is 0.296. The van der Waals surface area contributed by atoms with Gasteiger partial charge in [0.25, 0.3) is 0 Å². The van der Waals surface area contributed by atoms with E-state index >= 15 is 0 Å². The van der Waals surface area contributed by atoms with Gasteiger partial charge in [-0.05, 0) is 74.4 Å². The summed E-state index contributed by atoms with van der Waals surface area (Å²) in [6.45, 7) is 2.18. The van der Waals surface area contributed by atoms with Crippen molar-refractivity contribution in [1.82, 2.24) is 0 Å². The van der Waals surface area contributed by atoms with E-state index in [1.54, 1.807) is 0 Å². The minimum Gasteiger partial charge on any atom is -0.379 e. The molecule has 0 aliphatic heterocycles. The van der Waals surface area contributed by atoms with Crippen LogP contribution in [0.1, 0.15) is 39.0 Å². The Balaban J connectivity index is 1.45. The zero-order chi connectivity index (χ0) is 20.5. The van der Waals surface area contributed by atoms with Crippen molar-refractivity contribution in [2.45, 2.75) is 51.1 Å². The van der Waals surface area contributed by atoms with Gasteiger partial charge in [-0.3, -0.25) is 4.79 Å². The number of rotatable bonds is 4. The minimum absolute atomic E-state index is 0.0522. The molecular formula is C27H28N2O. The van der Waals surface area contributed by atoms with E-state index in [0.717, 1.165) is 54.6 Å². The van der Waals surface area contributed by atoms with Gasteiger partial charge in [-0.1, -0.05) is 48.0 Å². The second kappa shape index (κ2) is 7.98. The van der Waals surface area contributed by atoms with Crippen molar-refractivity contribution < 1.29 is 4.79 Å². The van der Waals surface area contributed by atoms with E-state index in [1.165, 1.54) is 16.7 Å². The predicted molar refractivity (Wildman–Crippen MR) is 124 cm³/mol. The molecule has 2 atom stereocenters. The summed E-state index contributed by atoms with van der Waals surface area (Å²) >= 11 is 0. The summed E-state index contributed by atoms with van der Waals surface area (Å²) in [6.07, 6.45) is 7.06. The van der Waals surface area contributed by atoms with Gasteiger partial charge >= 0.3 is 0 Å². The fourth-order valence-corrected chi connectivity index (χ4v) is 5.17. The molecule has 0 spiro atoms. The quantitative estimate of drug-likeness (QED) is 0.661. The highest BCUT2D eigenvalue weighted by molar-refractivity contribution is 6.12. The Labute approximate surface area is 178 Å². The number of para-hydroxylation sites is 2. The Morgan fingerprint density at radius 3 is 2.17 bits per heavy atom. The summed E-state index contributed by atoms with van der Waals surface area (Å²) in [7, 11) is 0. The molecule has 30 heavy (non-hydrogen) atoms. The summed E-state index contributed by atoms with van der Waals surface area (Å²) in [5.41, 5.74) is 8.09. The van der Waals surface area contributed by atoms with Crippen LogP contribution in [0.3, 0.4) is 0 Å². The summed E-state index contributed by atoms with van der Waals surface area (Å²) in [5, 5.41) is 7.32. The third-order valence-electron chi connectivity index (χ3n) is 6.50. The minimum atomic E-state index is 0.0522. The van der Waals surface area contributed by atoms with Gasteiger partial charge in [0.15, 0.2) is 5.78 Å². The standard InChI is InChI=1S/C27H28N2O/c1-18-15-19-17-23-22(13-8-14-24(23)28-20-9-4-2-5-10-20)27(30)26(19)25(16-18)29-21-11-6-3-7-12-21/h2-7,9-12,15,24-25,28-29H,8,13-14,16-17H2,1H3. The highest BCUT2D eigenvalue weighted by Gasteiger charge is 2.37. The van der Waals surface area contributed by atoms with Crippen LogP contribution in [0.2, 0.25) is 0 Å². The van der Waals surface area contributed by atoms with E-state index in [1.807, 2.05) is 24.3 Å².